The molecule has 0 radical (unpaired) electrons. The van der Waals surface area contributed by atoms with Gasteiger partial charge in [0.2, 0.25) is 0 Å². The van der Waals surface area contributed by atoms with Gasteiger partial charge in [0.1, 0.15) is 0 Å². The largest absolute Gasteiger partial charge is 0.0616 e. The van der Waals surface area contributed by atoms with Crippen LogP contribution in [0.5, 0.6) is 0 Å². The average Bonchev–Trinajstić information content (AvgIpc) is 2.62. The summed E-state index contributed by atoms with van der Waals surface area (Å²) in [4.78, 5) is 0. The van der Waals surface area contributed by atoms with E-state index in [0.29, 0.717) is 0 Å². The van der Waals surface area contributed by atoms with E-state index in [1.165, 1.54) is 38.2 Å². The van der Waals surface area contributed by atoms with Gasteiger partial charge < -0.3 is 0 Å². The maximum absolute atomic E-state index is 2.31. The van der Waals surface area contributed by atoms with Crippen molar-refractivity contribution >= 4 is 21.5 Å². The van der Waals surface area contributed by atoms with Crippen LogP contribution in [0.3, 0.4) is 0 Å². The molecule has 0 aliphatic rings. The Bertz CT molecular complexity index is 974. The third kappa shape index (κ3) is 2.51. The lowest BCUT2D eigenvalue weighted by Crippen LogP contribution is -1.94. The summed E-state index contributed by atoms with van der Waals surface area (Å²) in [5.74, 6) is 0. The lowest BCUT2D eigenvalue weighted by Gasteiger charge is -2.12. The molecule has 0 amide bonds. The van der Waals surface area contributed by atoms with Crippen molar-refractivity contribution in [1.82, 2.24) is 0 Å². The zero-order valence-corrected chi connectivity index (χ0v) is 13.4. The molecule has 23 heavy (non-hydrogen) atoms. The molecular formula is C23H20. The molecule has 4 aromatic rings. The van der Waals surface area contributed by atoms with E-state index in [1.54, 1.807) is 0 Å². The Morgan fingerprint density at radius 3 is 1.87 bits per heavy atom. The van der Waals surface area contributed by atoms with Gasteiger partial charge in [0.25, 0.3) is 0 Å². The summed E-state index contributed by atoms with van der Waals surface area (Å²) < 4.78 is 0. The topological polar surface area (TPSA) is 0 Å². The van der Waals surface area contributed by atoms with Gasteiger partial charge in [-0.15, -0.1) is 0 Å². The summed E-state index contributed by atoms with van der Waals surface area (Å²) in [6.07, 6.45) is 2.06. The van der Waals surface area contributed by atoms with E-state index in [0.717, 1.165) is 12.8 Å². The van der Waals surface area contributed by atoms with Crippen molar-refractivity contribution in [3.63, 3.8) is 0 Å². The van der Waals surface area contributed by atoms with E-state index in [-0.39, 0.29) is 0 Å². The zero-order chi connectivity index (χ0) is 15.6. The molecule has 0 saturated heterocycles. The van der Waals surface area contributed by atoms with Crippen molar-refractivity contribution < 1.29 is 0 Å². The molecule has 0 aliphatic carbocycles. The predicted molar refractivity (Wildman–Crippen MR) is 100 cm³/mol. The quantitative estimate of drug-likeness (QED) is 0.425. The second-order valence-electron chi connectivity index (χ2n) is 6.10. The number of fused-ring (bicyclic) bond motifs is 2. The minimum absolute atomic E-state index is 0.978. The third-order valence-corrected chi connectivity index (χ3v) is 4.75. The standard InChI is InChI=1S/C23H20/c1-2-17-14-15-20(23-13-6-5-12-22(17)23)16-19-10-7-9-18-8-3-4-11-21(18)19/h3-15H,2,16H2,1H3. The number of rotatable bonds is 3. The maximum Gasteiger partial charge on any atom is -0.00135 e. The minimum Gasteiger partial charge on any atom is -0.0616 e. The Labute approximate surface area is 137 Å². The van der Waals surface area contributed by atoms with Crippen molar-refractivity contribution in [1.29, 1.82) is 0 Å². The Morgan fingerprint density at radius 1 is 0.522 bits per heavy atom. The highest BCUT2D eigenvalue weighted by atomic mass is 14.1. The molecule has 0 fully saturated rings. The van der Waals surface area contributed by atoms with Crippen LogP contribution in [0.25, 0.3) is 21.5 Å². The highest BCUT2D eigenvalue weighted by molar-refractivity contribution is 5.90. The Hall–Kier alpha value is -2.60. The van der Waals surface area contributed by atoms with Gasteiger partial charge in [-0.2, -0.15) is 0 Å². The third-order valence-electron chi connectivity index (χ3n) is 4.75. The summed E-state index contributed by atoms with van der Waals surface area (Å²) >= 11 is 0. The van der Waals surface area contributed by atoms with Gasteiger partial charge in [0.05, 0.1) is 0 Å². The van der Waals surface area contributed by atoms with E-state index in [1.807, 2.05) is 0 Å². The van der Waals surface area contributed by atoms with Gasteiger partial charge in [0, 0.05) is 0 Å². The van der Waals surface area contributed by atoms with Crippen molar-refractivity contribution in [2.75, 3.05) is 0 Å². The molecular weight excluding hydrogens is 276 g/mol. The first-order valence-corrected chi connectivity index (χ1v) is 8.33. The van der Waals surface area contributed by atoms with Gasteiger partial charge in [-0.1, -0.05) is 85.8 Å². The zero-order valence-electron chi connectivity index (χ0n) is 13.4. The molecule has 4 aromatic carbocycles. The highest BCUT2D eigenvalue weighted by Crippen LogP contribution is 2.27. The molecule has 0 heteroatoms. The van der Waals surface area contributed by atoms with E-state index in [4.69, 9.17) is 0 Å². The van der Waals surface area contributed by atoms with E-state index >= 15 is 0 Å². The second-order valence-corrected chi connectivity index (χ2v) is 6.10. The molecule has 0 unspecified atom stereocenters. The van der Waals surface area contributed by atoms with Crippen LogP contribution in [0.15, 0.2) is 78.9 Å². The maximum atomic E-state index is 2.31. The number of benzene rings is 4. The summed E-state index contributed by atoms with van der Waals surface area (Å²) in [6.45, 7) is 2.23. The summed E-state index contributed by atoms with van der Waals surface area (Å²) in [5.41, 5.74) is 4.24. The first-order chi connectivity index (χ1) is 11.4. The fourth-order valence-electron chi connectivity index (χ4n) is 3.54. The summed E-state index contributed by atoms with van der Waals surface area (Å²) in [6, 6.07) is 28.7. The molecule has 0 heterocycles. The molecule has 4 rings (SSSR count). The van der Waals surface area contributed by atoms with E-state index in [9.17, 15) is 0 Å². The Kier molecular flexibility index (Phi) is 3.59. The van der Waals surface area contributed by atoms with E-state index in [2.05, 4.69) is 85.8 Å². The van der Waals surface area contributed by atoms with Crippen molar-refractivity contribution in [2.45, 2.75) is 19.8 Å². The molecule has 0 saturated carbocycles. The van der Waals surface area contributed by atoms with Gasteiger partial charge in [-0.25, -0.2) is 0 Å². The van der Waals surface area contributed by atoms with Crippen molar-refractivity contribution in [3.8, 4) is 0 Å². The smallest absolute Gasteiger partial charge is 0.00135 e. The predicted octanol–water partition coefficient (Wildman–Crippen LogP) is 6.15. The minimum atomic E-state index is 0.978. The Morgan fingerprint density at radius 2 is 1.09 bits per heavy atom. The average molecular weight is 296 g/mol. The number of aryl methyl sites for hydroxylation is 1. The number of hydrogen-bond donors (Lipinski definition) is 0. The summed E-state index contributed by atoms with van der Waals surface area (Å²) in [5, 5.41) is 5.46. The van der Waals surface area contributed by atoms with Gasteiger partial charge in [-0.3, -0.25) is 0 Å². The van der Waals surface area contributed by atoms with Crippen LogP contribution in [0.4, 0.5) is 0 Å². The van der Waals surface area contributed by atoms with Crippen LogP contribution in [0.1, 0.15) is 23.6 Å². The molecule has 0 bridgehead atoms. The second kappa shape index (κ2) is 5.89. The monoisotopic (exact) mass is 296 g/mol. The molecule has 0 aliphatic heterocycles. The van der Waals surface area contributed by atoms with Crippen LogP contribution in [0.2, 0.25) is 0 Å². The van der Waals surface area contributed by atoms with Gasteiger partial charge in [0.15, 0.2) is 0 Å². The normalized spacial score (nSPS) is 11.2. The lowest BCUT2D eigenvalue weighted by molar-refractivity contribution is 1.15. The first-order valence-electron chi connectivity index (χ1n) is 8.33. The van der Waals surface area contributed by atoms with Crippen molar-refractivity contribution in [3.05, 3.63) is 95.6 Å². The van der Waals surface area contributed by atoms with Crippen molar-refractivity contribution in [2.24, 2.45) is 0 Å². The summed E-state index contributed by atoms with van der Waals surface area (Å²) in [7, 11) is 0. The van der Waals surface area contributed by atoms with Crippen LogP contribution in [-0.2, 0) is 12.8 Å². The lowest BCUT2D eigenvalue weighted by atomic mass is 9.92. The van der Waals surface area contributed by atoms with Crippen LogP contribution < -0.4 is 0 Å². The first kappa shape index (κ1) is 14.0. The molecule has 0 atom stereocenters. The SMILES string of the molecule is CCc1ccc(Cc2cccc3ccccc23)c2ccccc12. The fourth-order valence-corrected chi connectivity index (χ4v) is 3.54. The Balaban J connectivity index is 1.87. The van der Waals surface area contributed by atoms with Gasteiger partial charge >= 0.3 is 0 Å². The highest BCUT2D eigenvalue weighted by Gasteiger charge is 2.07. The fraction of sp³-hybridized carbons (Fsp3) is 0.130. The van der Waals surface area contributed by atoms with Gasteiger partial charge in [-0.05, 0) is 51.1 Å². The van der Waals surface area contributed by atoms with E-state index < -0.39 is 0 Å². The molecule has 112 valence electrons. The molecule has 0 N–H and O–H groups in total. The molecule has 0 spiro atoms. The van der Waals surface area contributed by atoms with Crippen LogP contribution in [-0.4, -0.2) is 0 Å². The number of hydrogen-bond acceptors (Lipinski definition) is 0. The molecule has 0 aromatic heterocycles. The van der Waals surface area contributed by atoms with Crippen LogP contribution >= 0.6 is 0 Å². The van der Waals surface area contributed by atoms with Crippen LogP contribution in [0, 0.1) is 0 Å². The molecule has 0 nitrogen and oxygen atoms in total.